The largest absolute Gasteiger partial charge is 0.465 e. The Morgan fingerprint density at radius 1 is 1.55 bits per heavy atom. The van der Waals surface area contributed by atoms with E-state index in [1.54, 1.807) is 13.8 Å². The van der Waals surface area contributed by atoms with Crippen LogP contribution >= 0.6 is 0 Å². The summed E-state index contributed by atoms with van der Waals surface area (Å²) in [6.45, 7) is 3.19. The number of carbonyl (C=O) groups excluding carboxylic acids is 1. The molecule has 0 radical (unpaired) electrons. The number of amides is 2. The summed E-state index contributed by atoms with van der Waals surface area (Å²) in [5.74, 6) is -0.522. The van der Waals surface area contributed by atoms with E-state index in [0.717, 1.165) is 0 Å². The number of carboxylic acid groups (broad SMARTS) is 1. The molecule has 4 N–H and O–H groups in total. The van der Waals surface area contributed by atoms with Crippen LogP contribution in [0.4, 0.5) is 4.79 Å². The first-order chi connectivity index (χ1) is 4.86. The summed E-state index contributed by atoms with van der Waals surface area (Å²) in [5.41, 5.74) is 4.16. The van der Waals surface area contributed by atoms with Gasteiger partial charge in [0.25, 0.3) is 0 Å². The van der Waals surface area contributed by atoms with Crippen LogP contribution in [0.5, 0.6) is 0 Å². The van der Waals surface area contributed by atoms with Gasteiger partial charge in [0.05, 0.1) is 5.41 Å². The molecule has 0 saturated heterocycles. The van der Waals surface area contributed by atoms with Crippen LogP contribution in [0.3, 0.4) is 0 Å². The molecule has 0 aromatic heterocycles. The second-order valence-corrected chi connectivity index (χ2v) is 2.91. The van der Waals surface area contributed by atoms with Crippen molar-refractivity contribution in [3.63, 3.8) is 0 Å². The summed E-state index contributed by atoms with van der Waals surface area (Å²) >= 11 is 0. The molecule has 64 valence electrons. The van der Waals surface area contributed by atoms with Crippen molar-refractivity contribution in [3.8, 4) is 0 Å². The van der Waals surface area contributed by atoms with Crippen LogP contribution in [0, 0.1) is 5.41 Å². The lowest BCUT2D eigenvalue weighted by Crippen LogP contribution is -2.41. The molecule has 0 atom stereocenters. The van der Waals surface area contributed by atoms with Crippen molar-refractivity contribution < 1.29 is 14.7 Å². The van der Waals surface area contributed by atoms with Crippen LogP contribution in [-0.4, -0.2) is 23.7 Å². The average Bonchev–Trinajstić information content (AvgIpc) is 1.84. The molecule has 0 saturated carbocycles. The molecule has 0 heterocycles. The van der Waals surface area contributed by atoms with Gasteiger partial charge >= 0.3 is 6.09 Å². The van der Waals surface area contributed by atoms with Gasteiger partial charge in [-0.3, -0.25) is 4.79 Å². The second kappa shape index (κ2) is 3.23. The van der Waals surface area contributed by atoms with Crippen molar-refractivity contribution in [2.75, 3.05) is 6.54 Å². The van der Waals surface area contributed by atoms with Crippen molar-refractivity contribution >= 4 is 12.0 Å². The monoisotopic (exact) mass is 160 g/mol. The number of carbonyl (C=O) groups is 2. The first-order valence-electron chi connectivity index (χ1n) is 3.13. The molecule has 0 aliphatic rings. The Morgan fingerprint density at radius 2 is 2.00 bits per heavy atom. The predicted molar refractivity (Wildman–Crippen MR) is 39.0 cm³/mol. The highest BCUT2D eigenvalue weighted by Crippen LogP contribution is 2.11. The molecule has 0 aromatic carbocycles. The van der Waals surface area contributed by atoms with Gasteiger partial charge in [0.15, 0.2) is 0 Å². The Bertz CT molecular complexity index is 177. The van der Waals surface area contributed by atoms with Crippen LogP contribution in [0.2, 0.25) is 0 Å². The molecule has 0 fully saturated rings. The van der Waals surface area contributed by atoms with Crippen LogP contribution in [0.25, 0.3) is 0 Å². The van der Waals surface area contributed by atoms with Crippen LogP contribution in [-0.2, 0) is 4.79 Å². The molecule has 0 spiro atoms. The molecule has 0 rings (SSSR count). The smallest absolute Gasteiger partial charge is 0.404 e. The van der Waals surface area contributed by atoms with Crippen LogP contribution < -0.4 is 11.1 Å². The van der Waals surface area contributed by atoms with Crippen molar-refractivity contribution in [3.05, 3.63) is 0 Å². The summed E-state index contributed by atoms with van der Waals surface area (Å²) in [5, 5.41) is 10.3. The molecule has 5 nitrogen and oxygen atoms in total. The summed E-state index contributed by atoms with van der Waals surface area (Å²) in [6, 6.07) is 0. The normalized spacial score (nSPS) is 10.7. The van der Waals surface area contributed by atoms with Gasteiger partial charge in [0.1, 0.15) is 0 Å². The fourth-order valence-corrected chi connectivity index (χ4v) is 0.384. The van der Waals surface area contributed by atoms with E-state index in [1.165, 1.54) is 0 Å². The maximum absolute atomic E-state index is 10.6. The molecule has 0 aromatic rings. The quantitative estimate of drug-likeness (QED) is 0.532. The minimum atomic E-state index is -1.15. The van der Waals surface area contributed by atoms with E-state index in [-0.39, 0.29) is 6.54 Å². The molecule has 0 aliphatic carbocycles. The fourth-order valence-electron chi connectivity index (χ4n) is 0.384. The maximum atomic E-state index is 10.6. The lowest BCUT2D eigenvalue weighted by atomic mass is 9.93. The third-order valence-electron chi connectivity index (χ3n) is 1.35. The summed E-state index contributed by atoms with van der Waals surface area (Å²) in [6.07, 6.45) is -1.15. The van der Waals surface area contributed by atoms with Crippen molar-refractivity contribution in [1.82, 2.24) is 5.32 Å². The lowest BCUT2D eigenvalue weighted by Gasteiger charge is -2.19. The van der Waals surface area contributed by atoms with E-state index in [4.69, 9.17) is 10.8 Å². The zero-order chi connectivity index (χ0) is 9.07. The zero-order valence-electron chi connectivity index (χ0n) is 6.55. The van der Waals surface area contributed by atoms with Gasteiger partial charge < -0.3 is 16.2 Å². The molecular formula is C6H12N2O3. The molecular weight excluding hydrogens is 148 g/mol. The van der Waals surface area contributed by atoms with E-state index in [9.17, 15) is 9.59 Å². The molecule has 11 heavy (non-hydrogen) atoms. The Labute approximate surface area is 64.6 Å². The molecule has 0 aliphatic heterocycles. The lowest BCUT2D eigenvalue weighted by molar-refractivity contribution is -0.125. The molecule has 5 heteroatoms. The molecule has 0 bridgehead atoms. The van der Waals surface area contributed by atoms with Gasteiger partial charge in [0.2, 0.25) is 5.91 Å². The standard InChI is InChI=1S/C6H12N2O3/c1-6(2,4(7)9)3-8-5(10)11/h8H,3H2,1-2H3,(H2,7,9)(H,10,11). The van der Waals surface area contributed by atoms with E-state index in [0.29, 0.717) is 0 Å². The van der Waals surface area contributed by atoms with Gasteiger partial charge in [-0.2, -0.15) is 0 Å². The highest BCUT2D eigenvalue weighted by molar-refractivity contribution is 5.80. The Kier molecular flexibility index (Phi) is 2.86. The number of primary amides is 1. The highest BCUT2D eigenvalue weighted by atomic mass is 16.4. The van der Waals surface area contributed by atoms with Gasteiger partial charge in [-0.1, -0.05) is 0 Å². The summed E-state index contributed by atoms with van der Waals surface area (Å²) < 4.78 is 0. The third-order valence-corrected chi connectivity index (χ3v) is 1.35. The molecule has 2 amide bonds. The predicted octanol–water partition coefficient (Wildman–Crippen LogP) is -0.235. The first kappa shape index (κ1) is 9.74. The SMILES string of the molecule is CC(C)(CNC(=O)O)C(N)=O. The topological polar surface area (TPSA) is 92.4 Å². The van der Waals surface area contributed by atoms with Crippen molar-refractivity contribution in [2.45, 2.75) is 13.8 Å². The Morgan fingerprint density at radius 3 is 2.27 bits per heavy atom. The fraction of sp³-hybridized carbons (Fsp3) is 0.667. The van der Waals surface area contributed by atoms with Gasteiger partial charge in [-0.05, 0) is 13.8 Å². The summed E-state index contributed by atoms with van der Waals surface area (Å²) in [7, 11) is 0. The average molecular weight is 160 g/mol. The number of hydrogen-bond donors (Lipinski definition) is 3. The summed E-state index contributed by atoms with van der Waals surface area (Å²) in [4.78, 5) is 20.6. The number of nitrogens with two attached hydrogens (primary N) is 1. The number of hydrogen-bond acceptors (Lipinski definition) is 2. The minimum absolute atomic E-state index is 0.0394. The third kappa shape index (κ3) is 3.44. The Balaban J connectivity index is 3.92. The van der Waals surface area contributed by atoms with E-state index in [1.807, 2.05) is 0 Å². The zero-order valence-corrected chi connectivity index (χ0v) is 6.55. The van der Waals surface area contributed by atoms with Crippen LogP contribution in [0.1, 0.15) is 13.8 Å². The maximum Gasteiger partial charge on any atom is 0.404 e. The second-order valence-electron chi connectivity index (χ2n) is 2.91. The molecule has 0 unspecified atom stereocenters. The number of nitrogens with one attached hydrogen (secondary N) is 1. The van der Waals surface area contributed by atoms with Crippen molar-refractivity contribution in [2.24, 2.45) is 11.1 Å². The van der Waals surface area contributed by atoms with Gasteiger partial charge in [-0.15, -0.1) is 0 Å². The number of rotatable bonds is 3. The first-order valence-corrected chi connectivity index (χ1v) is 3.13. The van der Waals surface area contributed by atoms with Crippen molar-refractivity contribution in [1.29, 1.82) is 0 Å². The van der Waals surface area contributed by atoms with E-state index >= 15 is 0 Å². The van der Waals surface area contributed by atoms with E-state index < -0.39 is 17.4 Å². The van der Waals surface area contributed by atoms with Crippen LogP contribution in [0.15, 0.2) is 0 Å². The minimum Gasteiger partial charge on any atom is -0.465 e. The van der Waals surface area contributed by atoms with Gasteiger partial charge in [-0.25, -0.2) is 4.79 Å². The van der Waals surface area contributed by atoms with E-state index in [2.05, 4.69) is 5.32 Å². The van der Waals surface area contributed by atoms with Gasteiger partial charge in [0, 0.05) is 6.54 Å². The highest BCUT2D eigenvalue weighted by Gasteiger charge is 2.25. The Hall–Kier alpha value is -1.26.